The molecule has 1 aliphatic rings. The lowest BCUT2D eigenvalue weighted by Crippen LogP contribution is -2.44. The minimum absolute atomic E-state index is 0.00294. The molecule has 0 unspecified atom stereocenters. The molecule has 4 atom stereocenters. The summed E-state index contributed by atoms with van der Waals surface area (Å²) in [6.45, 7) is -0.573. The number of aromatic nitrogens is 2. The van der Waals surface area contributed by atoms with Crippen LogP contribution in [0.1, 0.15) is 22.6 Å². The third kappa shape index (κ3) is 3.44. The average molecular weight is 311 g/mol. The number of nitrogens with one attached hydrogen (secondary N) is 2. The van der Waals surface area contributed by atoms with E-state index in [1.54, 1.807) is 0 Å². The Balaban J connectivity index is 2.05. The number of nitrogens with zero attached hydrogens (tertiary/aromatic N) is 1. The molecule has 0 bridgehead atoms. The summed E-state index contributed by atoms with van der Waals surface area (Å²) in [4.78, 5) is 18.6. The fraction of sp³-hybridized carbons (Fsp3) is 0.538. The van der Waals surface area contributed by atoms with Gasteiger partial charge in [-0.1, -0.05) is 5.92 Å². The Kier molecular flexibility index (Phi) is 5.48. The molecule has 1 saturated heterocycles. The van der Waals surface area contributed by atoms with Crippen LogP contribution in [0.5, 0.6) is 0 Å². The molecule has 22 heavy (non-hydrogen) atoms. The summed E-state index contributed by atoms with van der Waals surface area (Å²) in [7, 11) is 0. The van der Waals surface area contributed by atoms with Crippen molar-refractivity contribution in [1.29, 1.82) is 0 Å². The standard InChI is InChI=1S/C13H17N3O6/c17-4-2-1-3-7-9(15-6-14-7)12(21)16-13-11(20)10(19)8(5-18)22-13/h6,8,10-11,13,17-20H,2,4-5H2,(H,14,15)(H,16,21)/t8-,10-,11-,13-/m1/s1. The molecule has 1 amide bonds. The number of aliphatic hydroxyl groups is 4. The van der Waals surface area contributed by atoms with Crippen LogP contribution in [0, 0.1) is 11.8 Å². The van der Waals surface area contributed by atoms with Crippen LogP contribution in [0.4, 0.5) is 0 Å². The normalized spacial score (nSPS) is 27.3. The van der Waals surface area contributed by atoms with Crippen LogP contribution < -0.4 is 5.32 Å². The SMILES string of the molecule is O=C(N[C@@H]1O[C@H](CO)[C@@H](O)[C@H]1O)c1nc[nH]c1C#CCCO. The summed E-state index contributed by atoms with van der Waals surface area (Å²) in [6, 6.07) is 0. The van der Waals surface area contributed by atoms with Crippen LogP contribution in [-0.4, -0.2) is 74.1 Å². The number of carbonyl (C=O) groups is 1. The summed E-state index contributed by atoms with van der Waals surface area (Å²) >= 11 is 0. The molecule has 0 aliphatic carbocycles. The van der Waals surface area contributed by atoms with E-state index >= 15 is 0 Å². The molecule has 0 saturated carbocycles. The van der Waals surface area contributed by atoms with E-state index in [-0.39, 0.29) is 24.4 Å². The molecule has 0 spiro atoms. The van der Waals surface area contributed by atoms with Gasteiger partial charge < -0.3 is 35.5 Å². The molecule has 1 fully saturated rings. The number of amides is 1. The Morgan fingerprint density at radius 2 is 2.18 bits per heavy atom. The molecule has 1 aromatic rings. The van der Waals surface area contributed by atoms with E-state index in [2.05, 4.69) is 27.1 Å². The highest BCUT2D eigenvalue weighted by molar-refractivity contribution is 5.94. The van der Waals surface area contributed by atoms with Gasteiger partial charge in [0.15, 0.2) is 11.9 Å². The molecule has 9 nitrogen and oxygen atoms in total. The van der Waals surface area contributed by atoms with Crippen LogP contribution in [0.15, 0.2) is 6.33 Å². The van der Waals surface area contributed by atoms with Crippen molar-refractivity contribution >= 4 is 5.91 Å². The zero-order valence-electron chi connectivity index (χ0n) is 11.6. The maximum absolute atomic E-state index is 12.1. The number of hydrogen-bond acceptors (Lipinski definition) is 7. The van der Waals surface area contributed by atoms with E-state index in [4.69, 9.17) is 14.9 Å². The van der Waals surface area contributed by atoms with Crippen molar-refractivity contribution in [2.45, 2.75) is 31.0 Å². The first-order chi connectivity index (χ1) is 10.6. The molecule has 2 heterocycles. The number of aromatic amines is 1. The van der Waals surface area contributed by atoms with Crippen LogP contribution in [0.3, 0.4) is 0 Å². The Morgan fingerprint density at radius 1 is 1.41 bits per heavy atom. The van der Waals surface area contributed by atoms with Gasteiger partial charge in [0.2, 0.25) is 0 Å². The van der Waals surface area contributed by atoms with E-state index in [9.17, 15) is 15.0 Å². The maximum atomic E-state index is 12.1. The molecule has 1 aliphatic heterocycles. The highest BCUT2D eigenvalue weighted by Gasteiger charge is 2.43. The smallest absolute Gasteiger partial charge is 0.274 e. The minimum atomic E-state index is -1.36. The number of hydrogen-bond donors (Lipinski definition) is 6. The molecule has 120 valence electrons. The van der Waals surface area contributed by atoms with Crippen molar-refractivity contribution in [2.24, 2.45) is 0 Å². The van der Waals surface area contributed by atoms with Crippen molar-refractivity contribution in [3.05, 3.63) is 17.7 Å². The van der Waals surface area contributed by atoms with Crippen LogP contribution in [0.25, 0.3) is 0 Å². The highest BCUT2D eigenvalue weighted by Crippen LogP contribution is 2.19. The lowest BCUT2D eigenvalue weighted by Gasteiger charge is -2.15. The predicted octanol–water partition coefficient (Wildman–Crippen LogP) is -2.69. The summed E-state index contributed by atoms with van der Waals surface area (Å²) < 4.78 is 5.15. The zero-order valence-corrected chi connectivity index (χ0v) is 11.6. The predicted molar refractivity (Wildman–Crippen MR) is 72.4 cm³/mol. The molecule has 6 N–H and O–H groups in total. The van der Waals surface area contributed by atoms with Gasteiger partial charge in [-0.15, -0.1) is 0 Å². The first kappa shape index (κ1) is 16.4. The van der Waals surface area contributed by atoms with Crippen molar-refractivity contribution < 1.29 is 30.0 Å². The van der Waals surface area contributed by atoms with E-state index in [0.29, 0.717) is 0 Å². The van der Waals surface area contributed by atoms with Gasteiger partial charge in [0.25, 0.3) is 5.91 Å². The molecular weight excluding hydrogens is 294 g/mol. The number of ether oxygens (including phenoxy) is 1. The van der Waals surface area contributed by atoms with Gasteiger partial charge in [0, 0.05) is 6.42 Å². The molecule has 1 aromatic heterocycles. The van der Waals surface area contributed by atoms with Gasteiger partial charge >= 0.3 is 0 Å². The third-order valence-corrected chi connectivity index (χ3v) is 3.12. The van der Waals surface area contributed by atoms with Gasteiger partial charge in [-0.2, -0.15) is 0 Å². The lowest BCUT2D eigenvalue weighted by atomic mass is 10.1. The van der Waals surface area contributed by atoms with E-state index in [1.165, 1.54) is 6.33 Å². The van der Waals surface area contributed by atoms with Gasteiger partial charge in [-0.25, -0.2) is 4.98 Å². The van der Waals surface area contributed by atoms with E-state index in [0.717, 1.165) is 0 Å². The van der Waals surface area contributed by atoms with Gasteiger partial charge in [-0.3, -0.25) is 4.79 Å². The van der Waals surface area contributed by atoms with Crippen LogP contribution in [-0.2, 0) is 4.74 Å². The van der Waals surface area contributed by atoms with Crippen LogP contribution >= 0.6 is 0 Å². The molecule has 9 heteroatoms. The minimum Gasteiger partial charge on any atom is -0.395 e. The van der Waals surface area contributed by atoms with Gasteiger partial charge in [-0.05, 0) is 5.92 Å². The van der Waals surface area contributed by atoms with Gasteiger partial charge in [0.05, 0.1) is 19.5 Å². The number of H-pyrrole nitrogens is 1. The topological polar surface area (TPSA) is 148 Å². The van der Waals surface area contributed by atoms with Crippen molar-refractivity contribution in [3.8, 4) is 11.8 Å². The molecule has 2 rings (SSSR count). The van der Waals surface area contributed by atoms with Crippen molar-refractivity contribution in [3.63, 3.8) is 0 Å². The summed E-state index contributed by atoms with van der Waals surface area (Å²) in [6.07, 6.45) is -3.23. The summed E-state index contributed by atoms with van der Waals surface area (Å²) in [5.41, 5.74) is 0.265. The zero-order chi connectivity index (χ0) is 16.1. The highest BCUT2D eigenvalue weighted by atomic mass is 16.6. The second-order valence-electron chi connectivity index (χ2n) is 4.63. The van der Waals surface area contributed by atoms with Crippen LogP contribution in [0.2, 0.25) is 0 Å². The summed E-state index contributed by atoms with van der Waals surface area (Å²) in [5, 5.41) is 39.4. The number of imidazole rings is 1. The van der Waals surface area contributed by atoms with E-state index in [1.807, 2.05) is 0 Å². The second kappa shape index (κ2) is 7.35. The third-order valence-electron chi connectivity index (χ3n) is 3.12. The number of carbonyl (C=O) groups excluding carboxylic acids is 1. The van der Waals surface area contributed by atoms with E-state index < -0.39 is 37.1 Å². The quantitative estimate of drug-likeness (QED) is 0.332. The fourth-order valence-corrected chi connectivity index (χ4v) is 1.98. The first-order valence-electron chi connectivity index (χ1n) is 6.65. The average Bonchev–Trinajstić information content (AvgIpc) is 3.07. The largest absolute Gasteiger partial charge is 0.395 e. The maximum Gasteiger partial charge on any atom is 0.274 e. The number of aliphatic hydroxyl groups excluding tert-OH is 4. The Bertz CT molecular complexity index is 578. The number of rotatable bonds is 4. The molecular formula is C13H17N3O6. The second-order valence-corrected chi connectivity index (χ2v) is 4.63. The Labute approximate surface area is 126 Å². The summed E-state index contributed by atoms with van der Waals surface area (Å²) in [5.74, 6) is 4.66. The lowest BCUT2D eigenvalue weighted by molar-refractivity contribution is -0.0305. The Morgan fingerprint density at radius 3 is 2.82 bits per heavy atom. The van der Waals surface area contributed by atoms with Crippen molar-refractivity contribution in [2.75, 3.05) is 13.2 Å². The van der Waals surface area contributed by atoms with Crippen molar-refractivity contribution in [1.82, 2.24) is 15.3 Å². The monoisotopic (exact) mass is 311 g/mol. The first-order valence-corrected chi connectivity index (χ1v) is 6.65. The van der Waals surface area contributed by atoms with Gasteiger partial charge in [0.1, 0.15) is 24.0 Å². The Hall–Kier alpha value is -1.96. The molecule has 0 radical (unpaired) electrons. The molecule has 0 aromatic carbocycles. The fourth-order valence-electron chi connectivity index (χ4n) is 1.98.